The van der Waals surface area contributed by atoms with Crippen LogP contribution in [0.25, 0.3) is 0 Å². The van der Waals surface area contributed by atoms with Crippen LogP contribution in [0, 0.1) is 0 Å². The maximum absolute atomic E-state index is 13.0. The predicted molar refractivity (Wildman–Crippen MR) is 156 cm³/mol. The largest absolute Gasteiger partial charge is 0.492 e. The number of hydrogen-bond acceptors (Lipinski definition) is 9. The summed E-state index contributed by atoms with van der Waals surface area (Å²) < 4.78 is 22.0. The van der Waals surface area contributed by atoms with Gasteiger partial charge >= 0.3 is 12.1 Å². The minimum atomic E-state index is -1.30. The van der Waals surface area contributed by atoms with E-state index in [4.69, 9.17) is 18.9 Å². The molecule has 10 heteroatoms. The quantitative estimate of drug-likeness (QED) is 0.294. The number of carbonyl (C=O) groups is 2. The van der Waals surface area contributed by atoms with Crippen LogP contribution >= 0.6 is 0 Å². The minimum Gasteiger partial charge on any atom is -0.492 e. The number of esters is 1. The standard InChI is InChI=1S/C31H45N3O7/c1-5-39-29(36)27(28(35)26(21-23-9-7-6-8-10-23)33-30(37)41-31(2,3)4)32-22-24-11-13-25(14-12-24)40-20-17-34-15-18-38-19-16-34/h6-14,26-28,32,35H,5,15-22H2,1-4H3,(H,33,37)/t26-,27+,28+/m0/s1. The van der Waals surface area contributed by atoms with Crippen molar-refractivity contribution < 1.29 is 33.6 Å². The predicted octanol–water partition coefficient (Wildman–Crippen LogP) is 2.92. The van der Waals surface area contributed by atoms with E-state index in [9.17, 15) is 14.7 Å². The molecule has 2 aromatic rings. The zero-order chi connectivity index (χ0) is 29.7. The molecule has 0 radical (unpaired) electrons. The van der Waals surface area contributed by atoms with E-state index in [0.29, 0.717) is 13.2 Å². The number of morpholine rings is 1. The van der Waals surface area contributed by atoms with Gasteiger partial charge in [0.25, 0.3) is 0 Å². The summed E-state index contributed by atoms with van der Waals surface area (Å²) >= 11 is 0. The molecule has 1 aliphatic heterocycles. The molecule has 10 nitrogen and oxygen atoms in total. The average Bonchev–Trinajstić information content (AvgIpc) is 2.94. The summed E-state index contributed by atoms with van der Waals surface area (Å²) in [6.07, 6.45) is -1.69. The van der Waals surface area contributed by atoms with Crippen molar-refractivity contribution in [3.05, 3.63) is 65.7 Å². The zero-order valence-electron chi connectivity index (χ0n) is 24.6. The van der Waals surface area contributed by atoms with Gasteiger partial charge in [-0.1, -0.05) is 42.5 Å². The Morgan fingerprint density at radius 3 is 2.34 bits per heavy atom. The molecular formula is C31H45N3O7. The monoisotopic (exact) mass is 571 g/mol. The lowest BCUT2D eigenvalue weighted by molar-refractivity contribution is -0.149. The number of aliphatic hydroxyl groups is 1. The number of carbonyl (C=O) groups excluding carboxylic acids is 2. The first-order valence-corrected chi connectivity index (χ1v) is 14.3. The highest BCUT2D eigenvalue weighted by atomic mass is 16.6. The summed E-state index contributed by atoms with van der Waals surface area (Å²) in [6, 6.07) is 15.1. The summed E-state index contributed by atoms with van der Waals surface area (Å²) in [5, 5.41) is 17.3. The van der Waals surface area contributed by atoms with Gasteiger partial charge in [-0.2, -0.15) is 0 Å². The van der Waals surface area contributed by atoms with E-state index in [1.54, 1.807) is 27.7 Å². The van der Waals surface area contributed by atoms with Gasteiger partial charge in [0.15, 0.2) is 0 Å². The summed E-state index contributed by atoms with van der Waals surface area (Å²) in [4.78, 5) is 27.9. The normalized spacial score (nSPS) is 16.3. The highest BCUT2D eigenvalue weighted by molar-refractivity contribution is 5.77. The molecule has 1 fully saturated rings. The third kappa shape index (κ3) is 11.7. The zero-order valence-corrected chi connectivity index (χ0v) is 24.6. The number of hydrogen-bond donors (Lipinski definition) is 3. The Bertz CT molecular complexity index is 1050. The molecule has 1 heterocycles. The summed E-state index contributed by atoms with van der Waals surface area (Å²) in [5.74, 6) is 0.153. The maximum Gasteiger partial charge on any atom is 0.407 e. The number of nitrogens with zero attached hydrogens (tertiary/aromatic N) is 1. The second kappa shape index (κ2) is 16.3. The Morgan fingerprint density at radius 2 is 1.71 bits per heavy atom. The molecule has 0 aromatic heterocycles. The number of benzene rings is 2. The third-order valence-corrected chi connectivity index (χ3v) is 6.52. The van der Waals surface area contributed by atoms with Gasteiger partial charge in [-0.25, -0.2) is 4.79 Å². The Labute approximate surface area is 243 Å². The van der Waals surface area contributed by atoms with E-state index in [2.05, 4.69) is 15.5 Å². The van der Waals surface area contributed by atoms with Crippen molar-refractivity contribution in [3.63, 3.8) is 0 Å². The second-order valence-electron chi connectivity index (χ2n) is 11.0. The van der Waals surface area contributed by atoms with Gasteiger partial charge in [-0.15, -0.1) is 0 Å². The van der Waals surface area contributed by atoms with E-state index < -0.39 is 35.9 Å². The molecule has 41 heavy (non-hydrogen) atoms. The lowest BCUT2D eigenvalue weighted by Crippen LogP contribution is -2.57. The number of alkyl carbamates (subject to hydrolysis) is 1. The molecule has 0 saturated carbocycles. The highest BCUT2D eigenvalue weighted by Gasteiger charge is 2.35. The number of nitrogens with one attached hydrogen (secondary N) is 2. The van der Waals surface area contributed by atoms with Gasteiger partial charge in [0.1, 0.15) is 30.1 Å². The summed E-state index contributed by atoms with van der Waals surface area (Å²) in [7, 11) is 0. The molecular weight excluding hydrogens is 526 g/mol. The van der Waals surface area contributed by atoms with E-state index in [-0.39, 0.29) is 13.0 Å². The van der Waals surface area contributed by atoms with Gasteiger partial charge in [-0.3, -0.25) is 15.0 Å². The lowest BCUT2D eigenvalue weighted by Gasteiger charge is -2.31. The number of ether oxygens (including phenoxy) is 4. The van der Waals surface area contributed by atoms with Crippen LogP contribution in [0.15, 0.2) is 54.6 Å². The number of amides is 1. The summed E-state index contributed by atoms with van der Waals surface area (Å²) in [5.41, 5.74) is 1.06. The molecule has 0 unspecified atom stereocenters. The van der Waals surface area contributed by atoms with Crippen molar-refractivity contribution in [2.24, 2.45) is 0 Å². The van der Waals surface area contributed by atoms with Gasteiger partial charge < -0.3 is 29.4 Å². The second-order valence-corrected chi connectivity index (χ2v) is 11.0. The molecule has 3 rings (SSSR count). The van der Waals surface area contributed by atoms with Gasteiger partial charge in [0, 0.05) is 26.2 Å². The van der Waals surface area contributed by atoms with Crippen LogP contribution < -0.4 is 15.4 Å². The minimum absolute atomic E-state index is 0.156. The van der Waals surface area contributed by atoms with Crippen molar-refractivity contribution in [2.75, 3.05) is 46.1 Å². The molecule has 3 N–H and O–H groups in total. The van der Waals surface area contributed by atoms with Crippen molar-refractivity contribution in [2.45, 2.75) is 64.4 Å². The number of rotatable bonds is 14. The Morgan fingerprint density at radius 1 is 1.02 bits per heavy atom. The smallest absolute Gasteiger partial charge is 0.407 e. The summed E-state index contributed by atoms with van der Waals surface area (Å²) in [6.45, 7) is 12.2. The average molecular weight is 572 g/mol. The Kier molecular flexibility index (Phi) is 12.9. The fourth-order valence-corrected chi connectivity index (χ4v) is 4.44. The van der Waals surface area contributed by atoms with Gasteiger partial charge in [0.05, 0.1) is 25.9 Å². The van der Waals surface area contributed by atoms with Gasteiger partial charge in [0.2, 0.25) is 0 Å². The third-order valence-electron chi connectivity index (χ3n) is 6.52. The Hall–Kier alpha value is -3.18. The Balaban J connectivity index is 1.65. The van der Waals surface area contributed by atoms with E-state index in [1.165, 1.54) is 0 Å². The van der Waals surface area contributed by atoms with Crippen LogP contribution in [0.4, 0.5) is 4.79 Å². The number of aliphatic hydroxyl groups excluding tert-OH is 1. The molecule has 226 valence electrons. The van der Waals surface area contributed by atoms with E-state index >= 15 is 0 Å². The fraction of sp³-hybridized carbons (Fsp3) is 0.548. The molecule has 0 spiro atoms. The molecule has 3 atom stereocenters. The molecule has 0 bridgehead atoms. The molecule has 2 aromatic carbocycles. The maximum atomic E-state index is 13.0. The fourth-order valence-electron chi connectivity index (χ4n) is 4.44. The first kappa shape index (κ1) is 32.3. The SMILES string of the molecule is CCOC(=O)[C@H](NCc1ccc(OCCN2CCOCC2)cc1)[C@H](O)[C@H](Cc1ccccc1)NC(=O)OC(C)(C)C. The van der Waals surface area contributed by atoms with Crippen molar-refractivity contribution >= 4 is 12.1 Å². The van der Waals surface area contributed by atoms with E-state index in [0.717, 1.165) is 49.7 Å². The molecule has 1 saturated heterocycles. The van der Waals surface area contributed by atoms with Crippen molar-refractivity contribution in [3.8, 4) is 5.75 Å². The van der Waals surface area contributed by atoms with Gasteiger partial charge in [-0.05, 0) is 57.4 Å². The highest BCUT2D eigenvalue weighted by Crippen LogP contribution is 2.16. The first-order valence-electron chi connectivity index (χ1n) is 14.3. The molecule has 1 amide bonds. The van der Waals surface area contributed by atoms with Crippen LogP contribution in [-0.2, 0) is 32.0 Å². The molecule has 0 aliphatic carbocycles. The van der Waals surface area contributed by atoms with Crippen molar-refractivity contribution in [1.82, 2.24) is 15.5 Å². The first-order chi connectivity index (χ1) is 19.6. The van der Waals surface area contributed by atoms with Crippen molar-refractivity contribution in [1.29, 1.82) is 0 Å². The van der Waals surface area contributed by atoms with Crippen LogP contribution in [0.2, 0.25) is 0 Å². The van der Waals surface area contributed by atoms with Crippen LogP contribution in [0.3, 0.4) is 0 Å². The topological polar surface area (TPSA) is 119 Å². The van der Waals surface area contributed by atoms with Crippen LogP contribution in [-0.4, -0.2) is 91.9 Å². The van der Waals surface area contributed by atoms with E-state index in [1.807, 2.05) is 54.6 Å². The molecule has 1 aliphatic rings. The van der Waals surface area contributed by atoms with Crippen LogP contribution in [0.5, 0.6) is 5.75 Å². The lowest BCUT2D eigenvalue weighted by atomic mass is 9.96. The van der Waals surface area contributed by atoms with Crippen LogP contribution in [0.1, 0.15) is 38.8 Å².